The SMILES string of the molecule is O=C(O)COC1CCN(CC2CC2)CC1. The van der Waals surface area contributed by atoms with Gasteiger partial charge in [-0.05, 0) is 31.6 Å². The Balaban J connectivity index is 1.60. The lowest BCUT2D eigenvalue weighted by molar-refractivity contribution is -0.145. The zero-order valence-corrected chi connectivity index (χ0v) is 9.02. The van der Waals surface area contributed by atoms with E-state index < -0.39 is 5.97 Å². The molecule has 1 aliphatic carbocycles. The molecule has 1 heterocycles. The highest BCUT2D eigenvalue weighted by molar-refractivity contribution is 5.68. The lowest BCUT2D eigenvalue weighted by atomic mass is 10.1. The van der Waals surface area contributed by atoms with Crippen LogP contribution in [-0.4, -0.2) is 48.3 Å². The minimum absolute atomic E-state index is 0.146. The molecule has 0 aromatic rings. The average molecular weight is 213 g/mol. The molecule has 1 N–H and O–H groups in total. The molecule has 0 aromatic carbocycles. The number of nitrogens with zero attached hydrogens (tertiary/aromatic N) is 1. The van der Waals surface area contributed by atoms with Crippen LogP contribution >= 0.6 is 0 Å². The lowest BCUT2D eigenvalue weighted by Crippen LogP contribution is -2.38. The van der Waals surface area contributed by atoms with Gasteiger partial charge in [0, 0.05) is 19.6 Å². The molecule has 2 aliphatic rings. The molecule has 86 valence electrons. The molecule has 0 bridgehead atoms. The Bertz CT molecular complexity index is 220. The molecular formula is C11H19NO3. The zero-order chi connectivity index (χ0) is 10.7. The topological polar surface area (TPSA) is 49.8 Å². The van der Waals surface area contributed by atoms with Gasteiger partial charge in [-0.2, -0.15) is 0 Å². The van der Waals surface area contributed by atoms with Crippen LogP contribution in [0.2, 0.25) is 0 Å². The van der Waals surface area contributed by atoms with Crippen molar-refractivity contribution in [2.45, 2.75) is 31.8 Å². The fourth-order valence-electron chi connectivity index (χ4n) is 2.11. The third-order valence-electron chi connectivity index (χ3n) is 3.19. The highest BCUT2D eigenvalue weighted by atomic mass is 16.5. The van der Waals surface area contributed by atoms with Crippen LogP contribution in [0, 0.1) is 5.92 Å². The summed E-state index contributed by atoms with van der Waals surface area (Å²) in [7, 11) is 0. The highest BCUT2D eigenvalue weighted by Gasteiger charge is 2.27. The van der Waals surface area contributed by atoms with Crippen LogP contribution in [0.4, 0.5) is 0 Å². The van der Waals surface area contributed by atoms with E-state index in [4.69, 9.17) is 9.84 Å². The second-order valence-electron chi connectivity index (χ2n) is 4.65. The van der Waals surface area contributed by atoms with Gasteiger partial charge in [0.25, 0.3) is 0 Å². The van der Waals surface area contributed by atoms with E-state index in [0.717, 1.165) is 31.8 Å². The van der Waals surface area contributed by atoms with E-state index in [9.17, 15) is 4.79 Å². The second-order valence-corrected chi connectivity index (χ2v) is 4.65. The van der Waals surface area contributed by atoms with Gasteiger partial charge in [0.15, 0.2) is 0 Å². The van der Waals surface area contributed by atoms with Crippen molar-refractivity contribution in [3.63, 3.8) is 0 Å². The first-order valence-corrected chi connectivity index (χ1v) is 5.80. The van der Waals surface area contributed by atoms with E-state index in [1.54, 1.807) is 0 Å². The normalized spacial score (nSPS) is 24.3. The third-order valence-corrected chi connectivity index (χ3v) is 3.19. The summed E-state index contributed by atoms with van der Waals surface area (Å²) in [6, 6.07) is 0. The van der Waals surface area contributed by atoms with E-state index in [1.165, 1.54) is 19.4 Å². The van der Waals surface area contributed by atoms with Crippen LogP contribution in [-0.2, 0) is 9.53 Å². The van der Waals surface area contributed by atoms with E-state index in [-0.39, 0.29) is 12.7 Å². The van der Waals surface area contributed by atoms with E-state index >= 15 is 0 Å². The average Bonchev–Trinajstić information content (AvgIpc) is 3.01. The predicted molar refractivity (Wildman–Crippen MR) is 55.8 cm³/mol. The molecule has 0 aromatic heterocycles. The number of piperidine rings is 1. The minimum atomic E-state index is -0.865. The van der Waals surface area contributed by atoms with Crippen LogP contribution in [0.1, 0.15) is 25.7 Å². The summed E-state index contributed by atoms with van der Waals surface area (Å²) in [6.07, 6.45) is 4.93. The molecule has 0 radical (unpaired) electrons. The van der Waals surface area contributed by atoms with Gasteiger partial charge >= 0.3 is 5.97 Å². The smallest absolute Gasteiger partial charge is 0.329 e. The molecule has 0 unspecified atom stereocenters. The summed E-state index contributed by atoms with van der Waals surface area (Å²) < 4.78 is 5.29. The molecule has 0 spiro atoms. The monoisotopic (exact) mass is 213 g/mol. The fraction of sp³-hybridized carbons (Fsp3) is 0.909. The second kappa shape index (κ2) is 4.94. The van der Waals surface area contributed by atoms with Crippen LogP contribution in [0.15, 0.2) is 0 Å². The molecule has 1 saturated carbocycles. The van der Waals surface area contributed by atoms with Gasteiger partial charge in [0.1, 0.15) is 6.61 Å². The van der Waals surface area contributed by atoms with E-state index in [2.05, 4.69) is 4.90 Å². The molecule has 1 aliphatic heterocycles. The van der Waals surface area contributed by atoms with Gasteiger partial charge in [-0.1, -0.05) is 0 Å². The Morgan fingerprint density at radius 3 is 2.47 bits per heavy atom. The number of likely N-dealkylation sites (tertiary alicyclic amines) is 1. The quantitative estimate of drug-likeness (QED) is 0.739. The Morgan fingerprint density at radius 1 is 1.27 bits per heavy atom. The summed E-state index contributed by atoms with van der Waals surface area (Å²) in [6.45, 7) is 3.24. The van der Waals surface area contributed by atoms with Gasteiger partial charge in [-0.15, -0.1) is 0 Å². The summed E-state index contributed by atoms with van der Waals surface area (Å²) >= 11 is 0. The summed E-state index contributed by atoms with van der Waals surface area (Å²) in [5.41, 5.74) is 0. The van der Waals surface area contributed by atoms with Crippen molar-refractivity contribution >= 4 is 5.97 Å². The zero-order valence-electron chi connectivity index (χ0n) is 9.02. The van der Waals surface area contributed by atoms with Crippen LogP contribution < -0.4 is 0 Å². The van der Waals surface area contributed by atoms with Crippen LogP contribution in [0.25, 0.3) is 0 Å². The first kappa shape index (κ1) is 10.9. The van der Waals surface area contributed by atoms with Gasteiger partial charge < -0.3 is 14.7 Å². The Hall–Kier alpha value is -0.610. The first-order chi connectivity index (χ1) is 7.24. The summed E-state index contributed by atoms with van der Waals surface area (Å²) in [4.78, 5) is 12.8. The molecule has 2 rings (SSSR count). The maximum atomic E-state index is 10.3. The molecular weight excluding hydrogens is 194 g/mol. The maximum absolute atomic E-state index is 10.3. The molecule has 2 fully saturated rings. The van der Waals surface area contributed by atoms with Crippen molar-refractivity contribution in [3.05, 3.63) is 0 Å². The molecule has 0 atom stereocenters. The number of carboxylic acids is 1. The number of hydrogen-bond donors (Lipinski definition) is 1. The van der Waals surface area contributed by atoms with Crippen molar-refractivity contribution in [3.8, 4) is 0 Å². The lowest BCUT2D eigenvalue weighted by Gasteiger charge is -2.31. The number of carbonyl (C=O) groups is 1. The number of ether oxygens (including phenoxy) is 1. The highest BCUT2D eigenvalue weighted by Crippen LogP contribution is 2.30. The molecule has 4 nitrogen and oxygen atoms in total. The third kappa shape index (κ3) is 3.80. The van der Waals surface area contributed by atoms with Crippen molar-refractivity contribution in [2.24, 2.45) is 5.92 Å². The standard InChI is InChI=1S/C11H19NO3/c13-11(14)8-15-10-3-5-12(6-4-10)7-9-1-2-9/h9-10H,1-8H2,(H,13,14). The van der Waals surface area contributed by atoms with Crippen LogP contribution in [0.3, 0.4) is 0 Å². The minimum Gasteiger partial charge on any atom is -0.480 e. The summed E-state index contributed by atoms with van der Waals surface area (Å²) in [5.74, 6) is 0.0805. The number of rotatable bonds is 5. The molecule has 4 heteroatoms. The van der Waals surface area contributed by atoms with Gasteiger partial charge in [0.05, 0.1) is 6.10 Å². The maximum Gasteiger partial charge on any atom is 0.329 e. The van der Waals surface area contributed by atoms with Gasteiger partial charge in [0.2, 0.25) is 0 Å². The Labute approximate surface area is 90.2 Å². The van der Waals surface area contributed by atoms with Crippen molar-refractivity contribution < 1.29 is 14.6 Å². The van der Waals surface area contributed by atoms with Gasteiger partial charge in [-0.25, -0.2) is 4.79 Å². The van der Waals surface area contributed by atoms with Crippen molar-refractivity contribution in [1.82, 2.24) is 4.90 Å². The number of carboxylic acid groups (broad SMARTS) is 1. The Morgan fingerprint density at radius 2 is 1.93 bits per heavy atom. The Kier molecular flexibility index (Phi) is 3.59. The fourth-order valence-corrected chi connectivity index (χ4v) is 2.11. The van der Waals surface area contributed by atoms with Crippen molar-refractivity contribution in [2.75, 3.05) is 26.2 Å². The molecule has 15 heavy (non-hydrogen) atoms. The van der Waals surface area contributed by atoms with E-state index in [1.807, 2.05) is 0 Å². The van der Waals surface area contributed by atoms with Crippen molar-refractivity contribution in [1.29, 1.82) is 0 Å². The summed E-state index contributed by atoms with van der Waals surface area (Å²) in [5, 5.41) is 8.49. The van der Waals surface area contributed by atoms with Crippen LogP contribution in [0.5, 0.6) is 0 Å². The van der Waals surface area contributed by atoms with Gasteiger partial charge in [-0.3, -0.25) is 0 Å². The van der Waals surface area contributed by atoms with E-state index in [0.29, 0.717) is 0 Å². The largest absolute Gasteiger partial charge is 0.480 e. The first-order valence-electron chi connectivity index (χ1n) is 5.80. The number of aliphatic carboxylic acids is 1. The molecule has 1 saturated heterocycles. The predicted octanol–water partition coefficient (Wildman–Crippen LogP) is 0.962. The number of hydrogen-bond acceptors (Lipinski definition) is 3. The molecule has 0 amide bonds.